The van der Waals surface area contributed by atoms with Crippen molar-refractivity contribution in [2.45, 2.75) is 6.18 Å². The molecule has 0 saturated carbocycles. The summed E-state index contributed by atoms with van der Waals surface area (Å²) < 4.78 is 53.6. The fourth-order valence-electron chi connectivity index (χ4n) is 0.937. The molecule has 1 aromatic rings. The third kappa shape index (κ3) is 2.42. The molecule has 0 N–H and O–H groups in total. The summed E-state index contributed by atoms with van der Waals surface area (Å²) in [6, 6.07) is 0.145. The predicted molar refractivity (Wildman–Crippen MR) is 40.5 cm³/mol. The molecular weight excluding hydrogens is 218 g/mol. The van der Waals surface area contributed by atoms with Crippen molar-refractivity contribution < 1.29 is 27.1 Å². The number of carbonyl (C=O) groups is 1. The van der Waals surface area contributed by atoms with Gasteiger partial charge in [-0.3, -0.25) is 0 Å². The molecule has 1 heterocycles. The van der Waals surface area contributed by atoms with E-state index in [0.29, 0.717) is 6.20 Å². The maximum atomic E-state index is 12.5. The number of halogens is 4. The number of rotatable bonds is 1. The van der Waals surface area contributed by atoms with Crippen molar-refractivity contribution in [2.24, 2.45) is 0 Å². The molecule has 0 spiro atoms. The van der Waals surface area contributed by atoms with Gasteiger partial charge in [0, 0.05) is 12.3 Å². The van der Waals surface area contributed by atoms with Gasteiger partial charge in [-0.2, -0.15) is 17.6 Å². The van der Waals surface area contributed by atoms with Crippen molar-refractivity contribution >= 4 is 5.97 Å². The molecule has 0 amide bonds. The van der Waals surface area contributed by atoms with E-state index < -0.39 is 29.2 Å². The topological polar surface area (TPSA) is 39.2 Å². The summed E-state index contributed by atoms with van der Waals surface area (Å²) in [5.41, 5.74) is -2.21. The first-order valence-electron chi connectivity index (χ1n) is 3.67. The fourth-order valence-corrected chi connectivity index (χ4v) is 0.937. The highest BCUT2D eigenvalue weighted by Gasteiger charge is 2.36. The normalized spacial score (nSPS) is 11.3. The Hall–Kier alpha value is -1.66. The van der Waals surface area contributed by atoms with Crippen molar-refractivity contribution in [3.8, 4) is 0 Å². The molecule has 1 rings (SSSR count). The van der Waals surface area contributed by atoms with Gasteiger partial charge < -0.3 is 4.74 Å². The van der Waals surface area contributed by atoms with E-state index in [0.717, 1.165) is 7.11 Å². The molecular formula is C8H5F4NO2. The van der Waals surface area contributed by atoms with Gasteiger partial charge in [0.25, 0.3) is 0 Å². The van der Waals surface area contributed by atoms with Crippen LogP contribution in [0.15, 0.2) is 12.3 Å². The summed E-state index contributed by atoms with van der Waals surface area (Å²) >= 11 is 0. The maximum Gasteiger partial charge on any atom is 0.417 e. The molecule has 0 atom stereocenters. The zero-order valence-corrected chi connectivity index (χ0v) is 7.43. The summed E-state index contributed by atoms with van der Waals surface area (Å²) in [5.74, 6) is -2.52. The summed E-state index contributed by atoms with van der Waals surface area (Å²) in [4.78, 5) is 13.9. The van der Waals surface area contributed by atoms with Gasteiger partial charge in [0.15, 0.2) is 0 Å². The second-order valence-electron chi connectivity index (χ2n) is 2.54. The highest BCUT2D eigenvalue weighted by Crippen LogP contribution is 2.32. The molecule has 0 unspecified atom stereocenters. The summed E-state index contributed by atoms with van der Waals surface area (Å²) in [5, 5.41) is 0. The number of ether oxygens (including phenoxy) is 1. The van der Waals surface area contributed by atoms with Crippen LogP contribution in [0.5, 0.6) is 0 Å². The van der Waals surface area contributed by atoms with Crippen molar-refractivity contribution in [3.05, 3.63) is 29.3 Å². The fraction of sp³-hybridized carbons (Fsp3) is 0.250. The molecule has 1 aromatic heterocycles. The van der Waals surface area contributed by atoms with Gasteiger partial charge in [-0.15, -0.1) is 0 Å². The highest BCUT2D eigenvalue weighted by atomic mass is 19.4. The largest absolute Gasteiger partial charge is 0.465 e. The minimum absolute atomic E-state index is 0.145. The number of hydrogen-bond acceptors (Lipinski definition) is 3. The Morgan fingerprint density at radius 1 is 1.47 bits per heavy atom. The summed E-state index contributed by atoms with van der Waals surface area (Å²) in [6.07, 6.45) is -4.34. The lowest BCUT2D eigenvalue weighted by Gasteiger charge is -2.10. The zero-order chi connectivity index (χ0) is 11.6. The Bertz CT molecular complexity index is 389. The number of alkyl halides is 3. The van der Waals surface area contributed by atoms with Gasteiger partial charge in [-0.1, -0.05) is 0 Å². The van der Waals surface area contributed by atoms with Crippen LogP contribution in [-0.2, 0) is 10.9 Å². The van der Waals surface area contributed by atoms with E-state index in [2.05, 4.69) is 9.72 Å². The lowest BCUT2D eigenvalue weighted by Crippen LogP contribution is -2.15. The first-order chi connectivity index (χ1) is 6.86. The van der Waals surface area contributed by atoms with Gasteiger partial charge in [-0.05, 0) is 0 Å². The number of hydrogen-bond donors (Lipinski definition) is 0. The van der Waals surface area contributed by atoms with Gasteiger partial charge in [-0.25, -0.2) is 9.78 Å². The van der Waals surface area contributed by atoms with E-state index in [1.54, 1.807) is 0 Å². The third-order valence-corrected chi connectivity index (χ3v) is 1.58. The third-order valence-electron chi connectivity index (χ3n) is 1.58. The maximum absolute atomic E-state index is 12.5. The highest BCUT2D eigenvalue weighted by molar-refractivity contribution is 5.90. The molecule has 0 aliphatic carbocycles. The van der Waals surface area contributed by atoms with Crippen molar-refractivity contribution in [1.82, 2.24) is 4.98 Å². The number of carbonyl (C=O) groups excluding carboxylic acids is 1. The molecule has 0 bridgehead atoms. The average Bonchev–Trinajstić information content (AvgIpc) is 2.15. The monoisotopic (exact) mass is 223 g/mol. The van der Waals surface area contributed by atoms with Crippen LogP contribution < -0.4 is 0 Å². The number of nitrogens with zero attached hydrogens (tertiary/aromatic N) is 1. The van der Waals surface area contributed by atoms with E-state index in [4.69, 9.17) is 0 Å². The molecule has 15 heavy (non-hydrogen) atoms. The first kappa shape index (κ1) is 11.4. The Morgan fingerprint density at radius 2 is 2.07 bits per heavy atom. The summed E-state index contributed by atoms with van der Waals surface area (Å²) in [7, 11) is 0.922. The molecule has 0 aliphatic rings. The molecule has 0 saturated heterocycles. The zero-order valence-electron chi connectivity index (χ0n) is 7.43. The number of pyridine rings is 1. The van der Waals surface area contributed by atoms with Crippen LogP contribution in [0, 0.1) is 5.95 Å². The van der Waals surface area contributed by atoms with E-state index in [1.165, 1.54) is 0 Å². The van der Waals surface area contributed by atoms with Gasteiger partial charge in [0.2, 0.25) is 5.95 Å². The van der Waals surface area contributed by atoms with Crippen LogP contribution >= 0.6 is 0 Å². The Kier molecular flexibility index (Phi) is 2.92. The van der Waals surface area contributed by atoms with Crippen LogP contribution in [0.25, 0.3) is 0 Å². The average molecular weight is 223 g/mol. The van der Waals surface area contributed by atoms with E-state index in [9.17, 15) is 22.4 Å². The standard InChI is InChI=1S/C8H5F4NO2/c1-15-7(14)4-3-13-6(9)2-5(4)8(10,11)12/h2-3H,1H3. The SMILES string of the molecule is COC(=O)c1cnc(F)cc1C(F)(F)F. The minimum atomic E-state index is -4.83. The number of aromatic nitrogens is 1. The van der Waals surface area contributed by atoms with Gasteiger partial charge in [0.1, 0.15) is 0 Å². The molecule has 82 valence electrons. The molecule has 0 radical (unpaired) electrons. The Morgan fingerprint density at radius 3 is 2.53 bits per heavy atom. The second kappa shape index (κ2) is 3.84. The number of esters is 1. The summed E-state index contributed by atoms with van der Waals surface area (Å²) in [6.45, 7) is 0. The lowest BCUT2D eigenvalue weighted by atomic mass is 10.1. The van der Waals surface area contributed by atoms with Crippen LogP contribution in [-0.4, -0.2) is 18.1 Å². The molecule has 3 nitrogen and oxygen atoms in total. The second-order valence-corrected chi connectivity index (χ2v) is 2.54. The van der Waals surface area contributed by atoms with Crippen molar-refractivity contribution in [2.75, 3.05) is 7.11 Å². The molecule has 7 heteroatoms. The minimum Gasteiger partial charge on any atom is -0.465 e. The molecule has 0 fully saturated rings. The van der Waals surface area contributed by atoms with Crippen LogP contribution in [0.1, 0.15) is 15.9 Å². The van der Waals surface area contributed by atoms with Crippen molar-refractivity contribution in [3.63, 3.8) is 0 Å². The lowest BCUT2D eigenvalue weighted by molar-refractivity contribution is -0.138. The van der Waals surface area contributed by atoms with Gasteiger partial charge >= 0.3 is 12.1 Å². The van der Waals surface area contributed by atoms with E-state index >= 15 is 0 Å². The predicted octanol–water partition coefficient (Wildman–Crippen LogP) is 2.03. The van der Waals surface area contributed by atoms with Crippen LogP contribution in [0.2, 0.25) is 0 Å². The van der Waals surface area contributed by atoms with Crippen LogP contribution in [0.3, 0.4) is 0 Å². The Labute approximate surface area is 81.7 Å². The van der Waals surface area contributed by atoms with E-state index in [-0.39, 0.29) is 6.07 Å². The van der Waals surface area contributed by atoms with Gasteiger partial charge in [0.05, 0.1) is 18.2 Å². The smallest absolute Gasteiger partial charge is 0.417 e. The van der Waals surface area contributed by atoms with Crippen LogP contribution in [0.4, 0.5) is 17.6 Å². The number of methoxy groups -OCH3 is 1. The van der Waals surface area contributed by atoms with E-state index in [1.807, 2.05) is 0 Å². The quantitative estimate of drug-likeness (QED) is 0.415. The Balaban J connectivity index is 3.33. The molecule has 0 aliphatic heterocycles. The van der Waals surface area contributed by atoms with Crippen molar-refractivity contribution in [1.29, 1.82) is 0 Å². The molecule has 0 aromatic carbocycles. The first-order valence-corrected chi connectivity index (χ1v) is 3.67.